The smallest absolute Gasteiger partial charge is 0.455 e. The first-order valence-corrected chi connectivity index (χ1v) is 8.58. The summed E-state index contributed by atoms with van der Waals surface area (Å²) in [6.07, 6.45) is -4.84. The lowest BCUT2D eigenvalue weighted by atomic mass is 10.2. The molecule has 2 aromatic heterocycles. The standard InChI is InChI=1S/C19H16ClF3N2O3/c1-18(2,3)28-17(26)14-9-11-7-8-15(20)24-16(11)25(14)12-5-4-6-13(10-12)27-19(21,22)23/h4-10H,1-3H3. The van der Waals surface area contributed by atoms with Gasteiger partial charge in [0.15, 0.2) is 0 Å². The number of esters is 1. The van der Waals surface area contributed by atoms with Crippen molar-refractivity contribution >= 4 is 28.6 Å². The van der Waals surface area contributed by atoms with Gasteiger partial charge in [0.2, 0.25) is 0 Å². The highest BCUT2D eigenvalue weighted by molar-refractivity contribution is 6.29. The highest BCUT2D eigenvalue weighted by Crippen LogP contribution is 2.30. The third-order valence-electron chi connectivity index (χ3n) is 3.53. The zero-order valence-electron chi connectivity index (χ0n) is 15.2. The quantitative estimate of drug-likeness (QED) is 0.419. The van der Waals surface area contributed by atoms with E-state index in [9.17, 15) is 18.0 Å². The molecule has 3 rings (SSSR count). The maximum atomic E-state index is 12.7. The second kappa shape index (κ2) is 7.01. The van der Waals surface area contributed by atoms with Crippen LogP contribution in [0.1, 0.15) is 31.3 Å². The number of carbonyl (C=O) groups excluding carboxylic acids is 1. The van der Waals surface area contributed by atoms with Gasteiger partial charge in [-0.25, -0.2) is 9.78 Å². The number of carbonyl (C=O) groups is 1. The van der Waals surface area contributed by atoms with Crippen LogP contribution in [0.15, 0.2) is 42.5 Å². The SMILES string of the molecule is CC(C)(C)OC(=O)c1cc2ccc(Cl)nc2n1-c1cccc(OC(F)(F)F)c1. The summed E-state index contributed by atoms with van der Waals surface area (Å²) in [6.45, 7) is 5.14. The van der Waals surface area contributed by atoms with E-state index < -0.39 is 23.7 Å². The van der Waals surface area contributed by atoms with Crippen molar-refractivity contribution in [2.75, 3.05) is 0 Å². The van der Waals surface area contributed by atoms with Gasteiger partial charge < -0.3 is 9.47 Å². The second-order valence-corrected chi connectivity index (χ2v) is 7.35. The molecule has 0 aliphatic rings. The van der Waals surface area contributed by atoms with Crippen LogP contribution in [0.2, 0.25) is 5.15 Å². The molecular formula is C19H16ClF3N2O3. The number of halogens is 4. The predicted molar refractivity (Wildman–Crippen MR) is 97.9 cm³/mol. The van der Waals surface area contributed by atoms with Crippen LogP contribution >= 0.6 is 11.6 Å². The summed E-state index contributed by atoms with van der Waals surface area (Å²) in [4.78, 5) is 16.9. The van der Waals surface area contributed by atoms with Gasteiger partial charge in [-0.15, -0.1) is 13.2 Å². The Bertz CT molecular complexity index is 1040. The lowest BCUT2D eigenvalue weighted by molar-refractivity contribution is -0.274. The Hall–Kier alpha value is -2.74. The molecule has 2 heterocycles. The van der Waals surface area contributed by atoms with Crippen LogP contribution in [0, 0.1) is 0 Å². The highest BCUT2D eigenvalue weighted by Gasteiger charge is 2.31. The zero-order chi connectivity index (χ0) is 20.7. The van der Waals surface area contributed by atoms with Gasteiger partial charge in [0.25, 0.3) is 0 Å². The monoisotopic (exact) mass is 412 g/mol. The molecule has 0 spiro atoms. The zero-order valence-corrected chi connectivity index (χ0v) is 15.9. The molecule has 0 aliphatic heterocycles. The Balaban J connectivity index is 2.18. The van der Waals surface area contributed by atoms with E-state index in [1.54, 1.807) is 39.0 Å². The molecule has 0 saturated heterocycles. The van der Waals surface area contributed by atoms with Crippen LogP contribution in [0.3, 0.4) is 0 Å². The maximum Gasteiger partial charge on any atom is 0.573 e. The first-order chi connectivity index (χ1) is 12.9. The minimum Gasteiger partial charge on any atom is -0.455 e. The van der Waals surface area contributed by atoms with Crippen molar-refractivity contribution in [1.82, 2.24) is 9.55 Å². The number of fused-ring (bicyclic) bond motifs is 1. The van der Waals surface area contributed by atoms with Crippen LogP contribution in [-0.2, 0) is 4.74 Å². The van der Waals surface area contributed by atoms with E-state index in [1.807, 2.05) is 0 Å². The summed E-state index contributed by atoms with van der Waals surface area (Å²) in [5.41, 5.74) is -0.112. The van der Waals surface area contributed by atoms with E-state index in [0.717, 1.165) is 12.1 Å². The summed E-state index contributed by atoms with van der Waals surface area (Å²) in [5.74, 6) is -1.08. The molecule has 0 aliphatic carbocycles. The third-order valence-corrected chi connectivity index (χ3v) is 3.74. The van der Waals surface area contributed by atoms with Gasteiger partial charge >= 0.3 is 12.3 Å². The van der Waals surface area contributed by atoms with Crippen molar-refractivity contribution in [2.24, 2.45) is 0 Å². The van der Waals surface area contributed by atoms with Crippen LogP contribution in [-0.4, -0.2) is 27.5 Å². The molecule has 0 fully saturated rings. The molecule has 0 N–H and O–H groups in total. The fourth-order valence-corrected chi connectivity index (χ4v) is 2.76. The molecule has 0 bridgehead atoms. The lowest BCUT2D eigenvalue weighted by Crippen LogP contribution is -2.25. The first-order valence-electron chi connectivity index (χ1n) is 8.20. The number of aromatic nitrogens is 2. The summed E-state index contributed by atoms with van der Waals surface area (Å²) in [5, 5.41) is 0.748. The van der Waals surface area contributed by atoms with Gasteiger partial charge in [-0.1, -0.05) is 17.7 Å². The van der Waals surface area contributed by atoms with Gasteiger partial charge in [0.1, 0.15) is 27.8 Å². The van der Waals surface area contributed by atoms with Crippen LogP contribution in [0.5, 0.6) is 5.75 Å². The molecule has 0 amide bonds. The fourth-order valence-electron chi connectivity index (χ4n) is 2.62. The number of hydrogen-bond donors (Lipinski definition) is 0. The van der Waals surface area contributed by atoms with Crippen LogP contribution in [0.4, 0.5) is 13.2 Å². The number of hydrogen-bond acceptors (Lipinski definition) is 4. The van der Waals surface area contributed by atoms with E-state index in [4.69, 9.17) is 16.3 Å². The Morgan fingerprint density at radius 3 is 2.46 bits per heavy atom. The van der Waals surface area contributed by atoms with Gasteiger partial charge in [0, 0.05) is 11.5 Å². The normalized spacial score (nSPS) is 12.2. The molecule has 28 heavy (non-hydrogen) atoms. The topological polar surface area (TPSA) is 53.3 Å². The maximum absolute atomic E-state index is 12.7. The summed E-state index contributed by atoms with van der Waals surface area (Å²) >= 11 is 5.98. The fraction of sp³-hybridized carbons (Fsp3) is 0.263. The Morgan fingerprint density at radius 2 is 1.82 bits per heavy atom. The van der Waals surface area contributed by atoms with E-state index in [-0.39, 0.29) is 16.5 Å². The second-order valence-electron chi connectivity index (χ2n) is 6.96. The van der Waals surface area contributed by atoms with Gasteiger partial charge in [-0.05, 0) is 51.1 Å². The molecule has 0 saturated carbocycles. The average molecular weight is 413 g/mol. The predicted octanol–water partition coefficient (Wildman–Crippen LogP) is 5.53. The Morgan fingerprint density at radius 1 is 1.11 bits per heavy atom. The third kappa shape index (κ3) is 4.56. The molecular weight excluding hydrogens is 397 g/mol. The van der Waals surface area contributed by atoms with Crippen molar-refractivity contribution < 1.29 is 27.4 Å². The van der Waals surface area contributed by atoms with Gasteiger partial charge in [0.05, 0.1) is 5.69 Å². The highest BCUT2D eigenvalue weighted by atomic mass is 35.5. The molecule has 5 nitrogen and oxygen atoms in total. The van der Waals surface area contributed by atoms with Crippen molar-refractivity contribution in [3.63, 3.8) is 0 Å². The van der Waals surface area contributed by atoms with E-state index in [0.29, 0.717) is 11.0 Å². The number of nitrogens with zero attached hydrogens (tertiary/aromatic N) is 2. The van der Waals surface area contributed by atoms with E-state index >= 15 is 0 Å². The molecule has 0 radical (unpaired) electrons. The molecule has 3 aromatic rings. The molecule has 1 aromatic carbocycles. The molecule has 0 atom stereocenters. The number of ether oxygens (including phenoxy) is 2. The lowest BCUT2D eigenvalue weighted by Gasteiger charge is -2.20. The van der Waals surface area contributed by atoms with Crippen molar-refractivity contribution in [3.05, 3.63) is 53.3 Å². The van der Waals surface area contributed by atoms with Crippen LogP contribution in [0.25, 0.3) is 16.7 Å². The summed E-state index contributed by atoms with van der Waals surface area (Å²) in [6, 6.07) is 9.98. The minimum absolute atomic E-state index is 0.101. The average Bonchev–Trinajstić information content (AvgIpc) is 2.90. The molecule has 9 heteroatoms. The number of rotatable bonds is 3. The van der Waals surface area contributed by atoms with Gasteiger partial charge in [-0.3, -0.25) is 4.57 Å². The number of alkyl halides is 3. The van der Waals surface area contributed by atoms with Crippen molar-refractivity contribution in [3.8, 4) is 11.4 Å². The molecule has 0 unspecified atom stereocenters. The first kappa shape index (κ1) is 20.0. The minimum atomic E-state index is -4.84. The van der Waals surface area contributed by atoms with Crippen molar-refractivity contribution in [1.29, 1.82) is 0 Å². The Labute approximate surface area is 163 Å². The van der Waals surface area contributed by atoms with Crippen molar-refractivity contribution in [2.45, 2.75) is 32.7 Å². The summed E-state index contributed by atoms with van der Waals surface area (Å²) in [7, 11) is 0. The van der Waals surface area contributed by atoms with E-state index in [2.05, 4.69) is 9.72 Å². The molecule has 148 valence electrons. The number of benzene rings is 1. The Kier molecular flexibility index (Phi) is 5.01. The number of pyridine rings is 1. The van der Waals surface area contributed by atoms with E-state index in [1.165, 1.54) is 16.7 Å². The summed E-state index contributed by atoms with van der Waals surface area (Å²) < 4.78 is 48.5. The largest absolute Gasteiger partial charge is 0.573 e. The van der Waals surface area contributed by atoms with Gasteiger partial charge in [-0.2, -0.15) is 0 Å². The van der Waals surface area contributed by atoms with Crippen LogP contribution < -0.4 is 4.74 Å².